The minimum absolute atomic E-state index is 0.0548. The zero-order valence-corrected chi connectivity index (χ0v) is 9.67. The lowest BCUT2D eigenvalue weighted by Crippen LogP contribution is -2.61. The van der Waals surface area contributed by atoms with Gasteiger partial charge in [-0.1, -0.05) is 0 Å². The number of aliphatic hydroxyl groups excluding tert-OH is 3. The highest BCUT2D eigenvalue weighted by Gasteiger charge is 2.50. The largest absolute Gasteiger partial charge is 0.481 e. The van der Waals surface area contributed by atoms with Crippen molar-refractivity contribution in [3.63, 3.8) is 0 Å². The highest BCUT2D eigenvalue weighted by molar-refractivity contribution is 7.81. The molecule has 1 heterocycles. The molecule has 0 unspecified atom stereocenters. The van der Waals surface area contributed by atoms with Gasteiger partial charge in [-0.05, 0) is 13.3 Å². The molecule has 1 aliphatic rings. The fraction of sp³-hybridized carbons (Fsp3) is 0.889. The highest BCUT2D eigenvalue weighted by atomic mass is 32.1. The van der Waals surface area contributed by atoms with E-state index in [2.05, 4.69) is 12.6 Å². The quantitative estimate of drug-likeness (QED) is 0.412. The van der Waals surface area contributed by atoms with Crippen LogP contribution in [-0.2, 0) is 9.53 Å². The van der Waals surface area contributed by atoms with Gasteiger partial charge in [0.05, 0.1) is 6.10 Å². The van der Waals surface area contributed by atoms with E-state index >= 15 is 0 Å². The molecule has 1 rings (SSSR count). The Morgan fingerprint density at radius 1 is 1.38 bits per heavy atom. The number of aliphatic hydroxyl groups is 3. The van der Waals surface area contributed by atoms with Crippen molar-refractivity contribution in [2.24, 2.45) is 0 Å². The average Bonchev–Trinajstić information content (AvgIpc) is 2.21. The van der Waals surface area contributed by atoms with Gasteiger partial charge in [0.15, 0.2) is 0 Å². The van der Waals surface area contributed by atoms with Gasteiger partial charge in [-0.2, -0.15) is 0 Å². The molecule has 0 aromatic rings. The molecule has 0 aromatic carbocycles. The van der Waals surface area contributed by atoms with Gasteiger partial charge < -0.3 is 25.2 Å². The molecule has 0 aliphatic carbocycles. The van der Waals surface area contributed by atoms with Crippen molar-refractivity contribution in [3.8, 4) is 0 Å². The number of carbonyl (C=O) groups is 1. The standard InChI is InChI=1S/C9H16O6S/c1-4-6(12)7(13)8(14)9(16,15-4)3-2-5(10)11/h4,6-8,12-14,16H,2-3H2,1H3,(H,10,11)/t4-,6-,7+,8+,9-/m1/s1. The van der Waals surface area contributed by atoms with Crippen molar-refractivity contribution in [2.75, 3.05) is 0 Å². The second kappa shape index (κ2) is 4.89. The number of carboxylic acid groups (broad SMARTS) is 1. The van der Waals surface area contributed by atoms with Crippen molar-refractivity contribution in [1.29, 1.82) is 0 Å². The summed E-state index contributed by atoms with van der Waals surface area (Å²) < 4.78 is 5.26. The molecule has 0 amide bonds. The van der Waals surface area contributed by atoms with E-state index < -0.39 is 35.3 Å². The molecule has 0 aromatic heterocycles. The van der Waals surface area contributed by atoms with E-state index in [4.69, 9.17) is 9.84 Å². The molecule has 0 spiro atoms. The zero-order valence-electron chi connectivity index (χ0n) is 8.78. The van der Waals surface area contributed by atoms with Crippen LogP contribution >= 0.6 is 12.6 Å². The molecule has 4 N–H and O–H groups in total. The zero-order chi connectivity index (χ0) is 12.5. The summed E-state index contributed by atoms with van der Waals surface area (Å²) in [6.07, 6.45) is -5.04. The van der Waals surface area contributed by atoms with Gasteiger partial charge in [0.25, 0.3) is 0 Å². The van der Waals surface area contributed by atoms with E-state index in [1.54, 1.807) is 0 Å². The van der Waals surface area contributed by atoms with E-state index in [1.807, 2.05) is 0 Å². The Labute approximate surface area is 98.3 Å². The number of rotatable bonds is 3. The number of carboxylic acids is 1. The van der Waals surface area contributed by atoms with Crippen LogP contribution in [0, 0.1) is 0 Å². The number of ether oxygens (including phenoxy) is 1. The second-order valence-electron chi connectivity index (χ2n) is 3.99. The van der Waals surface area contributed by atoms with Crippen LogP contribution in [0.5, 0.6) is 0 Å². The second-order valence-corrected chi connectivity index (χ2v) is 4.74. The van der Waals surface area contributed by atoms with E-state index in [1.165, 1.54) is 6.92 Å². The fourth-order valence-electron chi connectivity index (χ4n) is 1.69. The topological polar surface area (TPSA) is 107 Å². The smallest absolute Gasteiger partial charge is 0.303 e. The van der Waals surface area contributed by atoms with Crippen molar-refractivity contribution in [3.05, 3.63) is 0 Å². The van der Waals surface area contributed by atoms with Crippen LogP contribution in [-0.4, -0.2) is 55.7 Å². The first-order valence-electron chi connectivity index (χ1n) is 4.94. The highest BCUT2D eigenvalue weighted by Crippen LogP contribution is 2.36. The third kappa shape index (κ3) is 2.67. The maximum absolute atomic E-state index is 10.4. The van der Waals surface area contributed by atoms with E-state index in [-0.39, 0.29) is 12.8 Å². The van der Waals surface area contributed by atoms with Gasteiger partial charge in [0.1, 0.15) is 23.2 Å². The molecule has 0 saturated carbocycles. The Morgan fingerprint density at radius 3 is 2.44 bits per heavy atom. The fourth-order valence-corrected chi connectivity index (χ4v) is 2.12. The summed E-state index contributed by atoms with van der Waals surface area (Å²) in [4.78, 5) is 8.99. The molecule has 1 fully saturated rings. The van der Waals surface area contributed by atoms with E-state index in [0.717, 1.165) is 0 Å². The molecular formula is C9H16O6S. The molecule has 16 heavy (non-hydrogen) atoms. The summed E-state index contributed by atoms with van der Waals surface area (Å²) in [5.74, 6) is -1.04. The van der Waals surface area contributed by atoms with Crippen molar-refractivity contribution < 1.29 is 30.0 Å². The van der Waals surface area contributed by atoms with E-state index in [0.29, 0.717) is 0 Å². The lowest BCUT2D eigenvalue weighted by atomic mass is 9.92. The summed E-state index contributed by atoms with van der Waals surface area (Å²) in [6.45, 7) is 1.52. The Hall–Kier alpha value is -0.340. The number of thiol groups is 1. The maximum Gasteiger partial charge on any atom is 0.303 e. The lowest BCUT2D eigenvalue weighted by Gasteiger charge is -2.45. The Morgan fingerprint density at radius 2 is 1.94 bits per heavy atom. The summed E-state index contributed by atoms with van der Waals surface area (Å²) in [7, 11) is 0. The van der Waals surface area contributed by atoms with Crippen LogP contribution in [0.1, 0.15) is 19.8 Å². The molecule has 6 nitrogen and oxygen atoms in total. The monoisotopic (exact) mass is 252 g/mol. The van der Waals surface area contributed by atoms with Gasteiger partial charge in [-0.25, -0.2) is 0 Å². The van der Waals surface area contributed by atoms with Crippen molar-refractivity contribution in [2.45, 2.75) is 49.1 Å². The van der Waals surface area contributed by atoms with Crippen molar-refractivity contribution >= 4 is 18.6 Å². The minimum Gasteiger partial charge on any atom is -0.481 e. The predicted octanol–water partition coefficient (Wildman–Crippen LogP) is -1.02. The number of hydrogen-bond donors (Lipinski definition) is 5. The van der Waals surface area contributed by atoms with Crippen LogP contribution in [0.4, 0.5) is 0 Å². The van der Waals surface area contributed by atoms with Gasteiger partial charge in [-0.3, -0.25) is 4.79 Å². The molecule has 1 saturated heterocycles. The minimum atomic E-state index is -1.45. The molecule has 0 radical (unpaired) electrons. The predicted molar refractivity (Wildman–Crippen MR) is 57.2 cm³/mol. The lowest BCUT2D eigenvalue weighted by molar-refractivity contribution is -0.231. The van der Waals surface area contributed by atoms with Crippen LogP contribution in [0.15, 0.2) is 0 Å². The molecular weight excluding hydrogens is 236 g/mol. The van der Waals surface area contributed by atoms with Crippen LogP contribution in [0.2, 0.25) is 0 Å². The van der Waals surface area contributed by atoms with E-state index in [9.17, 15) is 20.1 Å². The SMILES string of the molecule is C[C@H]1O[C@@](S)(CCC(=O)O)[C@@H](O)[C@@H](O)[C@@H]1O. The Balaban J connectivity index is 2.74. The molecule has 1 aliphatic heterocycles. The van der Waals surface area contributed by atoms with Gasteiger partial charge in [-0.15, -0.1) is 12.6 Å². The first kappa shape index (κ1) is 13.7. The van der Waals surface area contributed by atoms with Crippen LogP contribution in [0.25, 0.3) is 0 Å². The van der Waals surface area contributed by atoms with Gasteiger partial charge >= 0.3 is 5.97 Å². The number of aliphatic carboxylic acids is 1. The summed E-state index contributed by atoms with van der Waals surface area (Å²) >= 11 is 4.07. The first-order valence-corrected chi connectivity index (χ1v) is 5.39. The summed E-state index contributed by atoms with van der Waals surface area (Å²) in [5, 5.41) is 37.2. The average molecular weight is 252 g/mol. The summed E-state index contributed by atoms with van der Waals surface area (Å²) in [6, 6.07) is 0. The third-order valence-electron chi connectivity index (χ3n) is 2.70. The normalized spacial score (nSPS) is 44.3. The van der Waals surface area contributed by atoms with Crippen molar-refractivity contribution in [1.82, 2.24) is 0 Å². The maximum atomic E-state index is 10.4. The molecule has 5 atom stereocenters. The molecule has 7 heteroatoms. The number of hydrogen-bond acceptors (Lipinski definition) is 6. The molecule has 94 valence electrons. The molecule has 0 bridgehead atoms. The first-order chi connectivity index (χ1) is 7.28. The Kier molecular flexibility index (Phi) is 4.19. The third-order valence-corrected chi connectivity index (χ3v) is 3.30. The van der Waals surface area contributed by atoms with Gasteiger partial charge in [0.2, 0.25) is 0 Å². The van der Waals surface area contributed by atoms with Crippen LogP contribution in [0.3, 0.4) is 0 Å². The summed E-state index contributed by atoms with van der Waals surface area (Å²) in [5.41, 5.74) is 0. The Bertz CT molecular complexity index is 273. The van der Waals surface area contributed by atoms with Gasteiger partial charge in [0, 0.05) is 6.42 Å². The van der Waals surface area contributed by atoms with Crippen LogP contribution < -0.4 is 0 Å².